The van der Waals surface area contributed by atoms with E-state index in [0.717, 1.165) is 11.3 Å². The quantitative estimate of drug-likeness (QED) is 0.618. The lowest BCUT2D eigenvalue weighted by Gasteiger charge is -2.11. The molecule has 0 aliphatic heterocycles. The molecule has 0 unspecified atom stereocenters. The van der Waals surface area contributed by atoms with E-state index in [1.165, 1.54) is 6.08 Å². The van der Waals surface area contributed by atoms with E-state index in [4.69, 9.17) is 9.47 Å². The molecule has 21 heavy (non-hydrogen) atoms. The second-order valence-electron chi connectivity index (χ2n) is 4.39. The fourth-order valence-corrected chi connectivity index (χ4v) is 1.65. The first-order chi connectivity index (χ1) is 10.0. The van der Waals surface area contributed by atoms with Crippen LogP contribution in [-0.2, 0) is 19.1 Å². The molecule has 114 valence electrons. The molecule has 5 heteroatoms. The highest BCUT2D eigenvalue weighted by Gasteiger charge is 2.10. The number of hydrogen-bond donors (Lipinski definition) is 1. The summed E-state index contributed by atoms with van der Waals surface area (Å²) in [7, 11) is 0. The van der Waals surface area contributed by atoms with Gasteiger partial charge in [0, 0.05) is 17.5 Å². The van der Waals surface area contributed by atoms with Crippen molar-refractivity contribution >= 4 is 17.6 Å². The highest BCUT2D eigenvalue weighted by molar-refractivity contribution is 5.85. The van der Waals surface area contributed by atoms with E-state index in [9.17, 15) is 9.59 Å². The molecule has 1 aromatic carbocycles. The Balaban J connectivity index is 2.82. The van der Waals surface area contributed by atoms with E-state index in [-0.39, 0.29) is 13.0 Å². The van der Waals surface area contributed by atoms with Crippen molar-refractivity contribution in [3.8, 4) is 0 Å². The van der Waals surface area contributed by atoms with Gasteiger partial charge in [-0.25, -0.2) is 4.79 Å². The SMILES string of the molecule is CCOC(=O)/C=C(\CC(=O)OCC)Nc1ccc(C)cc1. The predicted octanol–water partition coefficient (Wildman–Crippen LogP) is 2.81. The summed E-state index contributed by atoms with van der Waals surface area (Å²) >= 11 is 0. The van der Waals surface area contributed by atoms with E-state index >= 15 is 0 Å². The minimum atomic E-state index is -0.489. The minimum absolute atomic E-state index is 0.0134. The lowest BCUT2D eigenvalue weighted by molar-refractivity contribution is -0.142. The fourth-order valence-electron chi connectivity index (χ4n) is 1.65. The van der Waals surface area contributed by atoms with E-state index < -0.39 is 11.9 Å². The summed E-state index contributed by atoms with van der Waals surface area (Å²) in [5.74, 6) is -0.885. The summed E-state index contributed by atoms with van der Waals surface area (Å²) in [5, 5.41) is 3.04. The average molecular weight is 291 g/mol. The predicted molar refractivity (Wildman–Crippen MR) is 80.8 cm³/mol. The molecule has 1 aromatic rings. The maximum Gasteiger partial charge on any atom is 0.332 e. The molecule has 1 N–H and O–H groups in total. The second kappa shape index (κ2) is 8.79. The van der Waals surface area contributed by atoms with Crippen LogP contribution in [0.1, 0.15) is 25.8 Å². The molecule has 0 amide bonds. The smallest absolute Gasteiger partial charge is 0.332 e. The fraction of sp³-hybridized carbons (Fsp3) is 0.375. The zero-order chi connectivity index (χ0) is 15.7. The van der Waals surface area contributed by atoms with Crippen LogP contribution in [0.2, 0.25) is 0 Å². The lowest BCUT2D eigenvalue weighted by atomic mass is 10.2. The van der Waals surface area contributed by atoms with Gasteiger partial charge in [0.05, 0.1) is 19.6 Å². The first-order valence-corrected chi connectivity index (χ1v) is 6.91. The van der Waals surface area contributed by atoms with Gasteiger partial charge < -0.3 is 14.8 Å². The topological polar surface area (TPSA) is 64.6 Å². The van der Waals surface area contributed by atoms with Crippen LogP contribution in [0.25, 0.3) is 0 Å². The van der Waals surface area contributed by atoms with Gasteiger partial charge in [0.1, 0.15) is 0 Å². The molecule has 0 bridgehead atoms. The van der Waals surface area contributed by atoms with Crippen molar-refractivity contribution in [3.63, 3.8) is 0 Å². The molecule has 0 fully saturated rings. The van der Waals surface area contributed by atoms with E-state index in [0.29, 0.717) is 12.3 Å². The molecule has 0 aromatic heterocycles. The largest absolute Gasteiger partial charge is 0.466 e. The van der Waals surface area contributed by atoms with Crippen LogP contribution in [-0.4, -0.2) is 25.2 Å². The van der Waals surface area contributed by atoms with Crippen molar-refractivity contribution in [1.82, 2.24) is 0 Å². The molecule has 0 aliphatic carbocycles. The summed E-state index contributed by atoms with van der Waals surface area (Å²) in [5.41, 5.74) is 2.36. The summed E-state index contributed by atoms with van der Waals surface area (Å²) in [6, 6.07) is 7.63. The zero-order valence-corrected chi connectivity index (χ0v) is 12.6. The van der Waals surface area contributed by atoms with Crippen molar-refractivity contribution in [2.45, 2.75) is 27.2 Å². The first-order valence-electron chi connectivity index (χ1n) is 6.91. The third-order valence-electron chi connectivity index (χ3n) is 2.58. The van der Waals surface area contributed by atoms with Crippen LogP contribution in [0.4, 0.5) is 5.69 Å². The standard InChI is InChI=1S/C16H21NO4/c1-4-20-15(18)10-14(11-16(19)21-5-2)17-13-8-6-12(3)7-9-13/h6-10,17H,4-5,11H2,1-3H3/b14-10+. The number of ether oxygens (including phenoxy) is 2. The Morgan fingerprint density at radius 2 is 1.71 bits per heavy atom. The van der Waals surface area contributed by atoms with Gasteiger partial charge in [0.25, 0.3) is 0 Å². The van der Waals surface area contributed by atoms with Gasteiger partial charge in [-0.3, -0.25) is 4.79 Å². The van der Waals surface area contributed by atoms with Crippen LogP contribution < -0.4 is 5.32 Å². The van der Waals surface area contributed by atoms with Crippen LogP contribution in [0.3, 0.4) is 0 Å². The molecule has 0 heterocycles. The van der Waals surface area contributed by atoms with Gasteiger partial charge in [-0.1, -0.05) is 17.7 Å². The minimum Gasteiger partial charge on any atom is -0.466 e. The molecule has 0 radical (unpaired) electrons. The van der Waals surface area contributed by atoms with E-state index in [1.54, 1.807) is 13.8 Å². The van der Waals surface area contributed by atoms with Crippen LogP contribution in [0, 0.1) is 6.92 Å². The van der Waals surface area contributed by atoms with E-state index in [2.05, 4.69) is 5.32 Å². The van der Waals surface area contributed by atoms with Crippen molar-refractivity contribution in [1.29, 1.82) is 0 Å². The Hall–Kier alpha value is -2.30. The molecule has 1 rings (SSSR count). The van der Waals surface area contributed by atoms with E-state index in [1.807, 2.05) is 31.2 Å². The maximum atomic E-state index is 11.6. The first kappa shape index (κ1) is 16.8. The number of rotatable bonds is 7. The van der Waals surface area contributed by atoms with Crippen LogP contribution in [0.5, 0.6) is 0 Å². The lowest BCUT2D eigenvalue weighted by Crippen LogP contribution is -2.12. The molecule has 5 nitrogen and oxygen atoms in total. The Morgan fingerprint density at radius 1 is 1.10 bits per heavy atom. The Morgan fingerprint density at radius 3 is 2.29 bits per heavy atom. The highest BCUT2D eigenvalue weighted by Crippen LogP contribution is 2.14. The van der Waals surface area contributed by atoms with Gasteiger partial charge in [0.2, 0.25) is 0 Å². The number of carbonyl (C=O) groups is 2. The number of carbonyl (C=O) groups excluding carboxylic acids is 2. The van der Waals surface area contributed by atoms with Gasteiger partial charge >= 0.3 is 11.9 Å². The third kappa shape index (κ3) is 6.61. The number of esters is 2. The van der Waals surface area contributed by atoms with Crippen LogP contribution >= 0.6 is 0 Å². The van der Waals surface area contributed by atoms with Gasteiger partial charge in [-0.2, -0.15) is 0 Å². The molecule has 0 spiro atoms. The molecule has 0 saturated carbocycles. The number of benzene rings is 1. The summed E-state index contributed by atoms with van der Waals surface area (Å²) in [6.07, 6.45) is 1.26. The number of aryl methyl sites for hydroxylation is 1. The molecule has 0 saturated heterocycles. The summed E-state index contributed by atoms with van der Waals surface area (Å²) in [4.78, 5) is 23.1. The molecular formula is C16H21NO4. The maximum absolute atomic E-state index is 11.6. The van der Waals surface area contributed by atoms with Crippen LogP contribution in [0.15, 0.2) is 36.0 Å². The van der Waals surface area contributed by atoms with Gasteiger partial charge in [0.15, 0.2) is 0 Å². The zero-order valence-electron chi connectivity index (χ0n) is 12.6. The molecular weight excluding hydrogens is 270 g/mol. The van der Waals surface area contributed by atoms with Crippen molar-refractivity contribution in [3.05, 3.63) is 41.6 Å². The summed E-state index contributed by atoms with van der Waals surface area (Å²) < 4.78 is 9.76. The number of nitrogens with one attached hydrogen (secondary N) is 1. The molecule has 0 atom stereocenters. The number of anilines is 1. The number of hydrogen-bond acceptors (Lipinski definition) is 5. The summed E-state index contributed by atoms with van der Waals surface area (Å²) in [6.45, 7) is 6.03. The monoisotopic (exact) mass is 291 g/mol. The van der Waals surface area contributed by atoms with Crippen molar-refractivity contribution in [2.75, 3.05) is 18.5 Å². The highest BCUT2D eigenvalue weighted by atomic mass is 16.5. The Labute approximate surface area is 124 Å². The molecule has 0 aliphatic rings. The van der Waals surface area contributed by atoms with Gasteiger partial charge in [-0.15, -0.1) is 0 Å². The van der Waals surface area contributed by atoms with Gasteiger partial charge in [-0.05, 0) is 32.9 Å². The van der Waals surface area contributed by atoms with Crippen molar-refractivity contribution in [2.24, 2.45) is 0 Å². The Bertz CT molecular complexity index is 506. The average Bonchev–Trinajstić information content (AvgIpc) is 2.41. The van der Waals surface area contributed by atoms with Crippen molar-refractivity contribution < 1.29 is 19.1 Å². The Kier molecular flexibility index (Phi) is 7.01. The normalized spacial score (nSPS) is 10.9. The second-order valence-corrected chi connectivity index (χ2v) is 4.39. The third-order valence-corrected chi connectivity index (χ3v) is 2.58.